The molecule has 1 N–H and O–H groups in total. The number of nitrogens with zero attached hydrogens (tertiary/aromatic N) is 1. The van der Waals surface area contributed by atoms with Crippen LogP contribution in [-0.2, 0) is 17.8 Å². The number of fused-ring (bicyclic) bond motifs is 1. The number of carbonyl (C=O) groups is 2. The zero-order valence-corrected chi connectivity index (χ0v) is 26.6. The maximum absolute atomic E-state index is 13.4. The Morgan fingerprint density at radius 1 is 0.933 bits per heavy atom. The Kier molecular flexibility index (Phi) is 9.72. The molecule has 4 aromatic rings. The Hall–Kier alpha value is -3.87. The third-order valence-electron chi connectivity index (χ3n) is 8.94. The first-order chi connectivity index (χ1) is 21.8. The van der Waals surface area contributed by atoms with Crippen LogP contribution < -0.4 is 10.7 Å². The first-order valence-electron chi connectivity index (χ1n) is 15.7. The van der Waals surface area contributed by atoms with Crippen molar-refractivity contribution in [1.29, 1.82) is 0 Å². The second-order valence-corrected chi connectivity index (χ2v) is 13.0. The normalized spacial score (nSPS) is 17.7. The smallest absolute Gasteiger partial charge is 0.287 e. The minimum absolute atomic E-state index is 0.0539. The first-order valence-corrected chi connectivity index (χ1v) is 16.4. The number of hydrogen-bond acceptors (Lipinski definition) is 4. The lowest BCUT2D eigenvalue weighted by Gasteiger charge is -2.31. The van der Waals surface area contributed by atoms with Gasteiger partial charge in [0.2, 0.25) is 5.91 Å². The molecule has 8 heteroatoms. The number of amides is 2. The van der Waals surface area contributed by atoms with Gasteiger partial charge in [-0.15, -0.1) is 0 Å². The monoisotopic (exact) mass is 642 g/mol. The van der Waals surface area contributed by atoms with Gasteiger partial charge in [-0.25, -0.2) is 0 Å². The van der Waals surface area contributed by atoms with Crippen LogP contribution in [0, 0.1) is 0 Å². The van der Waals surface area contributed by atoms with Crippen molar-refractivity contribution in [1.82, 2.24) is 10.2 Å². The molecule has 2 heterocycles. The average Bonchev–Trinajstić information content (AvgIpc) is 3.03. The van der Waals surface area contributed by atoms with Crippen molar-refractivity contribution in [2.45, 2.75) is 69.9 Å². The summed E-state index contributed by atoms with van der Waals surface area (Å²) in [6.07, 6.45) is 9.26. The Balaban J connectivity index is 1.19. The summed E-state index contributed by atoms with van der Waals surface area (Å²) in [7, 11) is 0. The van der Waals surface area contributed by atoms with Crippen molar-refractivity contribution in [3.05, 3.63) is 127 Å². The summed E-state index contributed by atoms with van der Waals surface area (Å²) in [4.78, 5) is 40.6. The molecule has 1 aliphatic carbocycles. The van der Waals surface area contributed by atoms with Gasteiger partial charge in [0.05, 0.1) is 11.4 Å². The highest BCUT2D eigenvalue weighted by Crippen LogP contribution is 2.37. The molecule has 2 fully saturated rings. The van der Waals surface area contributed by atoms with Crippen LogP contribution in [0.25, 0.3) is 11.0 Å². The van der Waals surface area contributed by atoms with Gasteiger partial charge >= 0.3 is 0 Å². The molecular weight excluding hydrogens is 607 g/mol. The largest absolute Gasteiger partial charge is 0.451 e. The van der Waals surface area contributed by atoms with E-state index >= 15 is 0 Å². The highest BCUT2D eigenvalue weighted by atomic mass is 35.5. The Morgan fingerprint density at radius 3 is 2.47 bits per heavy atom. The van der Waals surface area contributed by atoms with Crippen LogP contribution in [0.1, 0.15) is 78.1 Å². The fourth-order valence-electron chi connectivity index (χ4n) is 6.57. The van der Waals surface area contributed by atoms with Gasteiger partial charge in [0.1, 0.15) is 5.58 Å². The summed E-state index contributed by atoms with van der Waals surface area (Å²) in [5.41, 5.74) is 4.89. The van der Waals surface area contributed by atoms with Gasteiger partial charge in [0.15, 0.2) is 11.2 Å². The third kappa shape index (κ3) is 7.69. The minimum Gasteiger partial charge on any atom is -0.451 e. The van der Waals surface area contributed by atoms with Gasteiger partial charge in [0, 0.05) is 41.7 Å². The molecular formula is C37H36Cl2N2O4. The van der Waals surface area contributed by atoms with Crippen LogP contribution in [0.2, 0.25) is 10.0 Å². The molecule has 3 aromatic carbocycles. The molecule has 0 unspecified atom stereocenters. The number of hydrogen-bond donors (Lipinski definition) is 1. The summed E-state index contributed by atoms with van der Waals surface area (Å²) >= 11 is 12.2. The molecule has 1 saturated carbocycles. The first kappa shape index (κ1) is 31.1. The van der Waals surface area contributed by atoms with Crippen molar-refractivity contribution in [2.75, 3.05) is 6.54 Å². The highest BCUT2D eigenvalue weighted by molar-refractivity contribution is 6.31. The van der Waals surface area contributed by atoms with Crippen molar-refractivity contribution >= 4 is 46.0 Å². The highest BCUT2D eigenvalue weighted by Gasteiger charge is 2.25. The van der Waals surface area contributed by atoms with E-state index in [1.807, 2.05) is 29.2 Å². The predicted octanol–water partition coefficient (Wildman–Crippen LogP) is 8.24. The fraction of sp³-hybridized carbons (Fsp3) is 0.324. The molecule has 1 saturated heterocycles. The lowest BCUT2D eigenvalue weighted by Crippen LogP contribution is -2.36. The Bertz CT molecular complexity index is 1790. The summed E-state index contributed by atoms with van der Waals surface area (Å²) < 4.78 is 5.82. The van der Waals surface area contributed by atoms with E-state index in [2.05, 4.69) is 35.7 Å². The number of carbonyl (C=O) groups excluding carboxylic acids is 2. The van der Waals surface area contributed by atoms with Crippen LogP contribution in [0.15, 0.2) is 93.7 Å². The Morgan fingerprint density at radius 2 is 1.69 bits per heavy atom. The molecule has 0 radical (unpaired) electrons. The van der Waals surface area contributed by atoms with E-state index in [1.165, 1.54) is 22.8 Å². The van der Waals surface area contributed by atoms with Crippen LogP contribution in [0.4, 0.5) is 0 Å². The molecule has 2 amide bonds. The van der Waals surface area contributed by atoms with E-state index in [0.29, 0.717) is 40.7 Å². The van der Waals surface area contributed by atoms with Gasteiger partial charge in [-0.05, 0) is 91.8 Å². The molecule has 6 nitrogen and oxygen atoms in total. The van der Waals surface area contributed by atoms with Gasteiger partial charge in [-0.2, -0.15) is 0 Å². The molecule has 45 heavy (non-hydrogen) atoms. The zero-order chi connectivity index (χ0) is 31.3. The minimum atomic E-state index is -0.459. The van der Waals surface area contributed by atoms with Crippen LogP contribution in [0.3, 0.4) is 0 Å². The predicted molar refractivity (Wildman–Crippen MR) is 179 cm³/mol. The maximum atomic E-state index is 13.4. The molecule has 0 spiro atoms. The van der Waals surface area contributed by atoms with Crippen molar-refractivity contribution in [2.24, 2.45) is 0 Å². The topological polar surface area (TPSA) is 79.6 Å². The van der Waals surface area contributed by atoms with Gasteiger partial charge in [-0.1, -0.05) is 71.2 Å². The second-order valence-electron chi connectivity index (χ2n) is 12.1. The number of piperidine rings is 1. The van der Waals surface area contributed by atoms with Gasteiger partial charge in [-0.3, -0.25) is 14.4 Å². The number of nitrogens with one attached hydrogen (secondary N) is 1. The van der Waals surface area contributed by atoms with Crippen LogP contribution in [0.5, 0.6) is 0 Å². The SMILES string of the molecule is O=C(N[C@@H](C=C1CCC(c2ccccc2CN2CCCCC2=O)CC1)Cc1ccc(Cl)cc1)c1cc(=O)c2ccc(Cl)cc2o1. The lowest BCUT2D eigenvalue weighted by molar-refractivity contribution is -0.133. The molecule has 1 atom stereocenters. The molecule has 1 aliphatic heterocycles. The van der Waals surface area contributed by atoms with E-state index < -0.39 is 5.91 Å². The lowest BCUT2D eigenvalue weighted by atomic mass is 9.79. The molecule has 0 bridgehead atoms. The van der Waals surface area contributed by atoms with Crippen LogP contribution >= 0.6 is 23.2 Å². The molecule has 2 aliphatic rings. The number of halogens is 2. The number of rotatable bonds is 8. The summed E-state index contributed by atoms with van der Waals surface area (Å²) in [6.45, 7) is 1.52. The van der Waals surface area contributed by atoms with E-state index in [1.54, 1.807) is 18.2 Å². The third-order valence-corrected chi connectivity index (χ3v) is 9.43. The number of likely N-dealkylation sites (tertiary alicyclic amines) is 1. The Labute approximate surface area is 273 Å². The molecule has 232 valence electrons. The van der Waals surface area contributed by atoms with Gasteiger partial charge in [0.25, 0.3) is 5.91 Å². The summed E-state index contributed by atoms with van der Waals surface area (Å²) in [6, 6.07) is 21.8. The van der Waals surface area contributed by atoms with E-state index in [9.17, 15) is 14.4 Å². The van der Waals surface area contributed by atoms with Gasteiger partial charge < -0.3 is 14.6 Å². The second kappa shape index (κ2) is 14.1. The van der Waals surface area contributed by atoms with Crippen molar-refractivity contribution in [3.63, 3.8) is 0 Å². The van der Waals surface area contributed by atoms with E-state index in [4.69, 9.17) is 27.6 Å². The zero-order valence-electron chi connectivity index (χ0n) is 25.1. The van der Waals surface area contributed by atoms with Crippen molar-refractivity contribution < 1.29 is 14.0 Å². The number of benzene rings is 3. The maximum Gasteiger partial charge on any atom is 0.287 e. The quantitative estimate of drug-likeness (QED) is 0.196. The fourth-order valence-corrected chi connectivity index (χ4v) is 6.86. The van der Waals surface area contributed by atoms with Crippen LogP contribution in [-0.4, -0.2) is 29.3 Å². The van der Waals surface area contributed by atoms with Crippen molar-refractivity contribution in [3.8, 4) is 0 Å². The average molecular weight is 644 g/mol. The summed E-state index contributed by atoms with van der Waals surface area (Å²) in [5, 5.41) is 4.55. The number of allylic oxidation sites excluding steroid dienone is 1. The summed E-state index contributed by atoms with van der Waals surface area (Å²) in [5.74, 6) is 0.160. The molecule has 1 aromatic heterocycles. The standard InChI is InChI=1S/C37H36Cl2N2O4/c38-28-14-10-25(11-15-28)20-30(40-37(44)35-22-33(42)32-17-16-29(39)21-34(32)45-35)19-24-8-12-26(13-9-24)31-6-2-1-5-27(31)23-41-18-4-3-7-36(41)43/h1-2,5-6,10-11,14-17,19,21-22,26,30H,3-4,7-9,12-13,18,20,23H2,(H,40,44)/t26?,30-/m0/s1. The van der Waals surface area contributed by atoms with E-state index in [0.717, 1.165) is 50.6 Å². The molecule has 6 rings (SSSR count). The van der Waals surface area contributed by atoms with E-state index in [-0.39, 0.29) is 28.7 Å².